The van der Waals surface area contributed by atoms with E-state index in [0.717, 1.165) is 5.69 Å². The number of hydrogen-bond donors (Lipinski definition) is 2. The highest BCUT2D eigenvalue weighted by atomic mass is 16.5. The smallest absolute Gasteiger partial charge is 0.270 e. The van der Waals surface area contributed by atoms with Crippen LogP contribution in [0.1, 0.15) is 21.9 Å². The molecule has 3 rings (SSSR count). The van der Waals surface area contributed by atoms with E-state index in [9.17, 15) is 4.79 Å². The summed E-state index contributed by atoms with van der Waals surface area (Å²) in [6, 6.07) is 8.75. The molecule has 0 spiro atoms. The van der Waals surface area contributed by atoms with Crippen molar-refractivity contribution in [2.75, 3.05) is 5.32 Å². The fourth-order valence-corrected chi connectivity index (χ4v) is 1.85. The van der Waals surface area contributed by atoms with Crippen LogP contribution in [0.5, 0.6) is 0 Å². The zero-order valence-electron chi connectivity index (χ0n) is 12.4. The Hall–Kier alpha value is -3.29. The number of anilines is 2. The van der Waals surface area contributed by atoms with Gasteiger partial charge >= 0.3 is 0 Å². The lowest BCUT2D eigenvalue weighted by molar-refractivity contribution is 0.0945. The summed E-state index contributed by atoms with van der Waals surface area (Å²) in [6.07, 6.45) is 3.17. The first-order chi connectivity index (χ1) is 11.2. The molecule has 2 N–H and O–H groups in total. The number of carbonyl (C=O) groups excluding carboxylic acids is 1. The highest BCUT2D eigenvalue weighted by molar-refractivity contribution is 5.92. The first-order valence-electron chi connectivity index (χ1n) is 6.92. The molecule has 23 heavy (non-hydrogen) atoms. The van der Waals surface area contributed by atoms with E-state index < -0.39 is 0 Å². The lowest BCUT2D eigenvalue weighted by atomic mass is 10.3. The number of rotatable bonds is 5. The van der Waals surface area contributed by atoms with Crippen LogP contribution in [-0.4, -0.2) is 26.0 Å². The van der Waals surface area contributed by atoms with Gasteiger partial charge in [0.25, 0.3) is 5.91 Å². The van der Waals surface area contributed by atoms with Crippen molar-refractivity contribution >= 4 is 17.7 Å². The minimum Gasteiger partial charge on any atom is -0.360 e. The van der Waals surface area contributed by atoms with Crippen molar-refractivity contribution in [3.63, 3.8) is 0 Å². The van der Waals surface area contributed by atoms with Crippen LogP contribution in [0, 0.1) is 6.92 Å². The summed E-state index contributed by atoms with van der Waals surface area (Å²) < 4.78 is 4.95. The third-order valence-electron chi connectivity index (χ3n) is 2.91. The summed E-state index contributed by atoms with van der Waals surface area (Å²) in [5.41, 5.74) is 1.02. The van der Waals surface area contributed by atoms with Gasteiger partial charge in [-0.1, -0.05) is 11.2 Å². The van der Waals surface area contributed by atoms with Gasteiger partial charge in [-0.15, -0.1) is 0 Å². The van der Waals surface area contributed by atoms with Gasteiger partial charge in [-0.05, 0) is 25.1 Å². The summed E-state index contributed by atoms with van der Waals surface area (Å²) in [7, 11) is 0. The molecule has 116 valence electrons. The third-order valence-corrected chi connectivity index (χ3v) is 2.91. The monoisotopic (exact) mass is 310 g/mol. The molecule has 0 bridgehead atoms. The number of amides is 1. The maximum absolute atomic E-state index is 12.1. The molecule has 0 unspecified atom stereocenters. The largest absolute Gasteiger partial charge is 0.360 e. The number of hydrogen-bond acceptors (Lipinski definition) is 7. The minimum atomic E-state index is -0.308. The second-order valence-electron chi connectivity index (χ2n) is 4.72. The Labute approximate surface area is 132 Å². The minimum absolute atomic E-state index is 0.249. The van der Waals surface area contributed by atoms with E-state index in [1.165, 1.54) is 12.3 Å². The molecule has 8 nitrogen and oxygen atoms in total. The molecule has 0 fully saturated rings. The predicted octanol–water partition coefficient (Wildman–Crippen LogP) is 1.84. The zero-order valence-corrected chi connectivity index (χ0v) is 12.4. The van der Waals surface area contributed by atoms with Crippen LogP contribution >= 0.6 is 0 Å². The second kappa shape index (κ2) is 6.65. The van der Waals surface area contributed by atoms with Crippen molar-refractivity contribution in [2.24, 2.45) is 0 Å². The van der Waals surface area contributed by atoms with Gasteiger partial charge in [-0.25, -0.2) is 9.97 Å². The van der Waals surface area contributed by atoms with Gasteiger partial charge in [-0.3, -0.25) is 9.78 Å². The molecule has 1 amide bonds. The predicted molar refractivity (Wildman–Crippen MR) is 82.0 cm³/mol. The highest BCUT2D eigenvalue weighted by Gasteiger charge is 2.10. The molecule has 0 saturated heterocycles. The van der Waals surface area contributed by atoms with E-state index in [1.54, 1.807) is 19.2 Å². The van der Waals surface area contributed by atoms with Crippen LogP contribution < -0.4 is 10.6 Å². The van der Waals surface area contributed by atoms with Gasteiger partial charge in [0.05, 0.1) is 12.2 Å². The summed E-state index contributed by atoms with van der Waals surface area (Å²) in [5.74, 6) is 1.10. The van der Waals surface area contributed by atoms with Crippen molar-refractivity contribution in [3.8, 4) is 0 Å². The molecule has 0 saturated carbocycles. The van der Waals surface area contributed by atoms with E-state index in [0.29, 0.717) is 18.1 Å². The first kappa shape index (κ1) is 14.6. The van der Waals surface area contributed by atoms with E-state index in [-0.39, 0.29) is 17.5 Å². The lowest BCUT2D eigenvalue weighted by Crippen LogP contribution is -2.24. The topological polar surface area (TPSA) is 106 Å². The van der Waals surface area contributed by atoms with Crippen LogP contribution in [0.25, 0.3) is 0 Å². The molecule has 0 aliphatic rings. The summed E-state index contributed by atoms with van der Waals surface area (Å²) >= 11 is 0. The Balaban J connectivity index is 1.65. The molecule has 8 heteroatoms. The summed E-state index contributed by atoms with van der Waals surface area (Å²) in [4.78, 5) is 24.5. The van der Waals surface area contributed by atoms with Crippen LogP contribution in [0.2, 0.25) is 0 Å². The second-order valence-corrected chi connectivity index (χ2v) is 4.72. The standard InChI is InChI=1S/C15H14N6O2/c1-10-8-13(21-23-10)20-15-17-7-5-12(19-15)14(22)18-9-11-4-2-3-6-16-11/h2-8H,9H2,1H3,(H,18,22)(H,17,19,20,21). The lowest BCUT2D eigenvalue weighted by Gasteiger charge is -2.05. The average molecular weight is 310 g/mol. The fraction of sp³-hybridized carbons (Fsp3) is 0.133. The molecule has 0 radical (unpaired) electrons. The average Bonchev–Trinajstić information content (AvgIpc) is 2.99. The number of nitrogens with one attached hydrogen (secondary N) is 2. The van der Waals surface area contributed by atoms with Crippen molar-refractivity contribution in [2.45, 2.75) is 13.5 Å². The number of aryl methyl sites for hydroxylation is 1. The van der Waals surface area contributed by atoms with Crippen LogP contribution in [0.3, 0.4) is 0 Å². The highest BCUT2D eigenvalue weighted by Crippen LogP contribution is 2.12. The van der Waals surface area contributed by atoms with Crippen LogP contribution in [-0.2, 0) is 6.54 Å². The Kier molecular flexibility index (Phi) is 4.23. The number of aromatic nitrogens is 4. The van der Waals surface area contributed by atoms with Gasteiger partial charge in [0.2, 0.25) is 5.95 Å². The normalized spacial score (nSPS) is 10.3. The fourth-order valence-electron chi connectivity index (χ4n) is 1.85. The first-order valence-corrected chi connectivity index (χ1v) is 6.92. The van der Waals surface area contributed by atoms with Crippen molar-refractivity contribution in [1.82, 2.24) is 25.4 Å². The van der Waals surface area contributed by atoms with Gasteiger partial charge < -0.3 is 15.2 Å². The molecule has 3 aromatic rings. The van der Waals surface area contributed by atoms with Crippen molar-refractivity contribution in [3.05, 3.63) is 59.9 Å². The molecule has 0 aliphatic carbocycles. The Morgan fingerprint density at radius 2 is 2.13 bits per heavy atom. The molecule has 3 aromatic heterocycles. The molecular formula is C15H14N6O2. The Bertz CT molecular complexity index is 802. The molecular weight excluding hydrogens is 296 g/mol. The Morgan fingerprint density at radius 1 is 1.22 bits per heavy atom. The maximum atomic E-state index is 12.1. The number of pyridine rings is 1. The van der Waals surface area contributed by atoms with Crippen LogP contribution in [0.15, 0.2) is 47.2 Å². The zero-order chi connectivity index (χ0) is 16.1. The van der Waals surface area contributed by atoms with E-state index in [4.69, 9.17) is 4.52 Å². The summed E-state index contributed by atoms with van der Waals surface area (Å²) in [5, 5.41) is 9.42. The van der Waals surface area contributed by atoms with Gasteiger partial charge in [0.15, 0.2) is 5.82 Å². The molecule has 3 heterocycles. The van der Waals surface area contributed by atoms with Crippen molar-refractivity contribution in [1.29, 1.82) is 0 Å². The Morgan fingerprint density at radius 3 is 2.87 bits per heavy atom. The SMILES string of the molecule is Cc1cc(Nc2nccc(C(=O)NCc3ccccn3)n2)no1. The van der Waals surface area contributed by atoms with E-state index in [2.05, 4.69) is 30.7 Å². The molecule has 0 aromatic carbocycles. The number of nitrogens with zero attached hydrogens (tertiary/aromatic N) is 4. The van der Waals surface area contributed by atoms with E-state index in [1.807, 2.05) is 18.2 Å². The van der Waals surface area contributed by atoms with Gasteiger partial charge in [-0.2, -0.15) is 0 Å². The van der Waals surface area contributed by atoms with Gasteiger partial charge in [0.1, 0.15) is 11.5 Å². The number of carbonyl (C=O) groups is 1. The van der Waals surface area contributed by atoms with E-state index >= 15 is 0 Å². The van der Waals surface area contributed by atoms with Gasteiger partial charge in [0, 0.05) is 18.5 Å². The van der Waals surface area contributed by atoms with Crippen LogP contribution in [0.4, 0.5) is 11.8 Å². The van der Waals surface area contributed by atoms with Crippen molar-refractivity contribution < 1.29 is 9.32 Å². The molecule has 0 aliphatic heterocycles. The third kappa shape index (κ3) is 3.88. The summed E-state index contributed by atoms with van der Waals surface area (Å²) in [6.45, 7) is 2.11. The maximum Gasteiger partial charge on any atom is 0.270 e. The quantitative estimate of drug-likeness (QED) is 0.740. The molecule has 0 atom stereocenters.